The van der Waals surface area contributed by atoms with Crippen LogP contribution >= 0.6 is 28.4 Å². The van der Waals surface area contributed by atoms with Gasteiger partial charge in [-0.05, 0) is 55.8 Å². The van der Waals surface area contributed by atoms with Crippen molar-refractivity contribution < 1.29 is 18.1 Å². The molecule has 1 aromatic heterocycles. The molecule has 0 amide bonds. The van der Waals surface area contributed by atoms with E-state index in [9.17, 15) is 8.78 Å². The van der Waals surface area contributed by atoms with E-state index in [1.54, 1.807) is 4.45 Å². The van der Waals surface area contributed by atoms with Gasteiger partial charge in [0.2, 0.25) is 0 Å². The SMILES string of the molecule is CC1(C)OB(c2nn(PI)c3cc(F)c(F)cc23)OC1(C)C. The zero-order valence-electron chi connectivity index (χ0n) is 12.6. The molecule has 0 N–H and O–H groups in total. The molecule has 0 bridgehead atoms. The molecule has 22 heavy (non-hydrogen) atoms. The van der Waals surface area contributed by atoms with Crippen molar-refractivity contribution in [2.24, 2.45) is 0 Å². The largest absolute Gasteiger partial charge is 0.517 e. The van der Waals surface area contributed by atoms with Crippen molar-refractivity contribution in [3.63, 3.8) is 0 Å². The normalized spacial score (nSPS) is 20.6. The Kier molecular flexibility index (Phi) is 4.03. The molecular weight excluding hydrogens is 423 g/mol. The van der Waals surface area contributed by atoms with Gasteiger partial charge in [0, 0.05) is 11.5 Å². The lowest BCUT2D eigenvalue weighted by atomic mass is 9.82. The molecule has 2 aromatic rings. The molecule has 0 aliphatic carbocycles. The number of aromatic nitrogens is 2. The van der Waals surface area contributed by atoms with Crippen molar-refractivity contribution in [1.29, 1.82) is 0 Å². The van der Waals surface area contributed by atoms with Gasteiger partial charge in [0.15, 0.2) is 11.6 Å². The second-order valence-electron chi connectivity index (χ2n) is 6.25. The summed E-state index contributed by atoms with van der Waals surface area (Å²) < 4.78 is 40.7. The smallest absolute Gasteiger partial charge is 0.398 e. The molecule has 1 aliphatic heterocycles. The van der Waals surface area contributed by atoms with Crippen molar-refractivity contribution in [3.05, 3.63) is 23.8 Å². The highest BCUT2D eigenvalue weighted by Crippen LogP contribution is 2.37. The maximum Gasteiger partial charge on any atom is 0.517 e. The van der Waals surface area contributed by atoms with E-state index in [0.717, 1.165) is 12.1 Å². The zero-order chi connectivity index (χ0) is 16.3. The van der Waals surface area contributed by atoms with Gasteiger partial charge in [-0.3, -0.25) is 0 Å². The molecule has 3 rings (SSSR count). The van der Waals surface area contributed by atoms with E-state index in [2.05, 4.69) is 27.1 Å². The molecule has 0 saturated carbocycles. The second kappa shape index (κ2) is 5.36. The molecule has 9 heteroatoms. The summed E-state index contributed by atoms with van der Waals surface area (Å²) in [5.41, 5.74) is -0.00850. The molecule has 1 unspecified atom stereocenters. The topological polar surface area (TPSA) is 36.3 Å². The third kappa shape index (κ3) is 2.48. The van der Waals surface area contributed by atoms with Gasteiger partial charge in [0.25, 0.3) is 0 Å². The monoisotopic (exact) mass is 438 g/mol. The third-order valence-electron chi connectivity index (χ3n) is 4.31. The molecule has 1 aliphatic rings. The Bertz CT molecular complexity index is 737. The Morgan fingerprint density at radius 2 is 1.68 bits per heavy atom. The van der Waals surface area contributed by atoms with Crippen LogP contribution in [0.25, 0.3) is 10.9 Å². The minimum atomic E-state index is -0.901. The summed E-state index contributed by atoms with van der Waals surface area (Å²) in [5.74, 6) is -1.79. The fraction of sp³-hybridized carbons (Fsp3) is 0.462. The first-order valence-electron chi connectivity index (χ1n) is 6.76. The molecule has 1 saturated heterocycles. The number of fused-ring (bicyclic) bond motifs is 1. The summed E-state index contributed by atoms with van der Waals surface area (Å²) in [6.45, 7) is 7.75. The van der Waals surface area contributed by atoms with Crippen LogP contribution in [0, 0.1) is 11.6 Å². The minimum Gasteiger partial charge on any atom is -0.398 e. The zero-order valence-corrected chi connectivity index (χ0v) is 15.7. The van der Waals surface area contributed by atoms with Gasteiger partial charge in [0.05, 0.1) is 23.1 Å². The van der Waals surface area contributed by atoms with Crippen LogP contribution in [-0.2, 0) is 9.31 Å². The highest BCUT2D eigenvalue weighted by atomic mass is 127. The Morgan fingerprint density at radius 1 is 1.14 bits per heavy atom. The summed E-state index contributed by atoms with van der Waals surface area (Å²) in [7, 11) is -0.702. The molecule has 0 spiro atoms. The number of benzene rings is 1. The van der Waals surface area contributed by atoms with Crippen LogP contribution in [0.1, 0.15) is 27.7 Å². The minimum absolute atomic E-state index is 0.261. The Hall–Kier alpha value is -0.305. The first kappa shape index (κ1) is 16.5. The summed E-state index contributed by atoms with van der Waals surface area (Å²) in [6, 6.07) is 2.32. The van der Waals surface area contributed by atoms with E-state index < -0.39 is 30.0 Å². The van der Waals surface area contributed by atoms with Gasteiger partial charge in [-0.25, -0.2) is 13.2 Å². The summed E-state index contributed by atoms with van der Waals surface area (Å²) in [6.07, 6.45) is 0.261. The average Bonchev–Trinajstić information content (AvgIpc) is 2.85. The lowest BCUT2D eigenvalue weighted by Crippen LogP contribution is -2.41. The van der Waals surface area contributed by atoms with Crippen LogP contribution in [-0.4, -0.2) is 27.9 Å². The number of halogens is 3. The summed E-state index contributed by atoms with van der Waals surface area (Å²) in [5, 5.41) is 4.96. The molecule has 4 nitrogen and oxygen atoms in total. The van der Waals surface area contributed by atoms with Gasteiger partial charge in [0.1, 0.15) is 5.59 Å². The fourth-order valence-corrected chi connectivity index (χ4v) is 3.85. The van der Waals surface area contributed by atoms with Gasteiger partial charge in [-0.15, -0.1) is 0 Å². The molecular formula is C13H15BF2IN2O2P. The maximum absolute atomic E-state index is 13.6. The Labute approximate surface area is 142 Å². The van der Waals surface area contributed by atoms with Gasteiger partial charge in [-0.1, -0.05) is 0 Å². The van der Waals surface area contributed by atoms with Gasteiger partial charge in [-0.2, -0.15) is 5.10 Å². The Morgan fingerprint density at radius 3 is 2.23 bits per heavy atom. The van der Waals surface area contributed by atoms with Crippen LogP contribution in [0.15, 0.2) is 12.1 Å². The first-order chi connectivity index (χ1) is 10.2. The predicted octanol–water partition coefficient (Wildman–Crippen LogP) is 3.41. The van der Waals surface area contributed by atoms with E-state index >= 15 is 0 Å². The highest BCUT2D eigenvalue weighted by molar-refractivity contribution is 14.2. The lowest BCUT2D eigenvalue weighted by Gasteiger charge is -2.32. The van der Waals surface area contributed by atoms with Gasteiger partial charge < -0.3 is 9.31 Å². The molecule has 118 valence electrons. The van der Waals surface area contributed by atoms with Crippen molar-refractivity contribution >= 4 is 52.0 Å². The number of hydrogen-bond acceptors (Lipinski definition) is 3. The van der Waals surface area contributed by atoms with Crippen LogP contribution in [0.2, 0.25) is 0 Å². The highest BCUT2D eigenvalue weighted by Gasteiger charge is 2.53. The van der Waals surface area contributed by atoms with Crippen molar-refractivity contribution in [3.8, 4) is 0 Å². The van der Waals surface area contributed by atoms with Crippen molar-refractivity contribution in [2.75, 3.05) is 0 Å². The van der Waals surface area contributed by atoms with Crippen molar-refractivity contribution in [2.45, 2.75) is 38.9 Å². The van der Waals surface area contributed by atoms with E-state index in [0.29, 0.717) is 16.5 Å². The van der Waals surface area contributed by atoms with E-state index in [1.165, 1.54) is 0 Å². The molecule has 1 atom stereocenters. The first-order valence-corrected chi connectivity index (χ1v) is 10.8. The standard InChI is InChI=1S/C13H15BF2IN2O2P/c1-12(2)13(3,4)21-14(20-12)11-7-5-8(15)9(16)6-10(7)19(18-11)22-17/h5-6,22H,1-4H3. The van der Waals surface area contributed by atoms with Crippen LogP contribution in [0.3, 0.4) is 0 Å². The van der Waals surface area contributed by atoms with Crippen molar-refractivity contribution in [1.82, 2.24) is 9.55 Å². The average molecular weight is 438 g/mol. The summed E-state index contributed by atoms with van der Waals surface area (Å²) in [4.78, 5) is 0. The molecule has 1 aromatic carbocycles. The van der Waals surface area contributed by atoms with Crippen LogP contribution < -0.4 is 5.59 Å². The summed E-state index contributed by atoms with van der Waals surface area (Å²) >= 11 is 2.14. The predicted molar refractivity (Wildman–Crippen MR) is 93.1 cm³/mol. The van der Waals surface area contributed by atoms with E-state index in [4.69, 9.17) is 9.31 Å². The molecule has 1 fully saturated rings. The van der Waals surface area contributed by atoms with Crippen LogP contribution in [0.4, 0.5) is 8.78 Å². The third-order valence-corrected chi connectivity index (χ3v) is 6.18. The van der Waals surface area contributed by atoms with E-state index in [-0.39, 0.29) is 6.37 Å². The van der Waals surface area contributed by atoms with E-state index in [1.807, 2.05) is 27.7 Å². The quantitative estimate of drug-likeness (QED) is 0.410. The number of hydrogen-bond donors (Lipinski definition) is 0. The fourth-order valence-electron chi connectivity index (χ4n) is 2.33. The lowest BCUT2D eigenvalue weighted by molar-refractivity contribution is 0.00578. The Balaban J connectivity index is 2.14. The number of nitrogens with zero attached hydrogens (tertiary/aromatic N) is 2. The second-order valence-corrected chi connectivity index (χ2v) is 8.29. The maximum atomic E-state index is 13.6. The van der Waals surface area contributed by atoms with Crippen LogP contribution in [0.5, 0.6) is 0 Å². The molecule has 2 heterocycles. The number of rotatable bonds is 2. The van der Waals surface area contributed by atoms with Gasteiger partial charge >= 0.3 is 7.12 Å². The molecule has 0 radical (unpaired) electrons.